The molecule has 1 nitrogen and oxygen atoms in total. The molecule has 1 rings (SSSR count). The molecule has 1 heteroatoms. The second-order valence-electron chi connectivity index (χ2n) is 12.7. The number of hydrogen-bond acceptors (Lipinski definition) is 1. The van der Waals surface area contributed by atoms with Gasteiger partial charge in [-0.05, 0) is 75.2 Å². The summed E-state index contributed by atoms with van der Waals surface area (Å²) in [5, 5.41) is 0. The zero-order chi connectivity index (χ0) is 27.5. The molecule has 38 heavy (non-hydrogen) atoms. The van der Waals surface area contributed by atoms with Crippen molar-refractivity contribution in [1.82, 2.24) is 0 Å². The van der Waals surface area contributed by atoms with E-state index in [0.717, 1.165) is 30.2 Å². The van der Waals surface area contributed by atoms with E-state index in [1.165, 1.54) is 161 Å². The van der Waals surface area contributed by atoms with Gasteiger partial charge in [-0.3, -0.25) is 0 Å². The second-order valence-corrected chi connectivity index (χ2v) is 12.7. The van der Waals surface area contributed by atoms with Gasteiger partial charge in [0.15, 0.2) is 0 Å². The minimum atomic E-state index is 0.812. The molecule has 0 aromatic rings. The Morgan fingerprint density at radius 1 is 0.474 bits per heavy atom. The fourth-order valence-electron chi connectivity index (χ4n) is 6.86. The monoisotopic (exact) mass is 530 g/mol. The summed E-state index contributed by atoms with van der Waals surface area (Å²) >= 11 is 0. The molecule has 0 bridgehead atoms. The quantitative estimate of drug-likeness (QED) is 0.0830. The van der Waals surface area contributed by atoms with E-state index in [1.54, 1.807) is 0 Å². The van der Waals surface area contributed by atoms with E-state index in [9.17, 15) is 0 Å². The molecule has 0 saturated heterocycles. The molecule has 224 valence electrons. The van der Waals surface area contributed by atoms with Crippen LogP contribution in [0.1, 0.15) is 181 Å². The standard InChI is InChI=1S/C37H71N/c1-4-7-10-13-15-18-23-28-35-32-31-34(27-22-12-9-6-3)36(29-24-19-14-11-8-5-2)37(35)30-25-20-16-17-21-26-33-38/h19,24,31-32,34-37H,4-18,20-23,25-30,33,38H2,1-3H3/b24-19+. The van der Waals surface area contributed by atoms with Crippen molar-refractivity contribution in [3.63, 3.8) is 0 Å². The Labute approximate surface area is 241 Å². The first-order valence-corrected chi connectivity index (χ1v) is 17.8. The van der Waals surface area contributed by atoms with E-state index in [4.69, 9.17) is 5.73 Å². The fraction of sp³-hybridized carbons (Fsp3) is 0.892. The third-order valence-corrected chi connectivity index (χ3v) is 9.33. The first-order chi connectivity index (χ1) is 18.8. The van der Waals surface area contributed by atoms with Crippen molar-refractivity contribution in [2.24, 2.45) is 29.4 Å². The summed E-state index contributed by atoms with van der Waals surface area (Å²) in [5.41, 5.74) is 5.70. The zero-order valence-corrected chi connectivity index (χ0v) is 26.6. The molecule has 0 saturated carbocycles. The van der Waals surface area contributed by atoms with Crippen LogP contribution in [0.25, 0.3) is 0 Å². The van der Waals surface area contributed by atoms with Crippen LogP contribution in [0.5, 0.6) is 0 Å². The van der Waals surface area contributed by atoms with Crippen LogP contribution in [0, 0.1) is 23.7 Å². The minimum absolute atomic E-state index is 0.812. The van der Waals surface area contributed by atoms with Crippen molar-refractivity contribution in [2.75, 3.05) is 6.54 Å². The molecular weight excluding hydrogens is 458 g/mol. The van der Waals surface area contributed by atoms with Crippen molar-refractivity contribution < 1.29 is 0 Å². The second kappa shape index (κ2) is 26.7. The van der Waals surface area contributed by atoms with Crippen LogP contribution in [0.15, 0.2) is 24.3 Å². The third-order valence-electron chi connectivity index (χ3n) is 9.33. The van der Waals surface area contributed by atoms with Crippen molar-refractivity contribution >= 4 is 0 Å². The largest absolute Gasteiger partial charge is 0.330 e. The predicted octanol–water partition coefficient (Wildman–Crippen LogP) is 12.3. The van der Waals surface area contributed by atoms with Gasteiger partial charge in [0, 0.05) is 0 Å². The summed E-state index contributed by atoms with van der Waals surface area (Å²) in [4.78, 5) is 0. The summed E-state index contributed by atoms with van der Waals surface area (Å²) in [7, 11) is 0. The Balaban J connectivity index is 2.77. The van der Waals surface area contributed by atoms with Gasteiger partial charge >= 0.3 is 0 Å². The molecule has 0 fully saturated rings. The molecule has 0 aromatic heterocycles. The number of unbranched alkanes of at least 4 members (excludes halogenated alkanes) is 17. The average molecular weight is 530 g/mol. The maximum atomic E-state index is 5.70. The van der Waals surface area contributed by atoms with Crippen LogP contribution in [0.4, 0.5) is 0 Å². The van der Waals surface area contributed by atoms with Crippen LogP contribution in [0.2, 0.25) is 0 Å². The minimum Gasteiger partial charge on any atom is -0.330 e. The van der Waals surface area contributed by atoms with Gasteiger partial charge in [-0.1, -0.05) is 161 Å². The highest BCUT2D eigenvalue weighted by atomic mass is 14.5. The SMILES string of the molecule is CCCCC/C=C/CC1C(CCCCCC)C=CC(CCCCCCCCC)C1CCCCCCCCN. The molecule has 0 spiro atoms. The van der Waals surface area contributed by atoms with Gasteiger partial charge < -0.3 is 5.73 Å². The Morgan fingerprint density at radius 3 is 1.50 bits per heavy atom. The average Bonchev–Trinajstić information content (AvgIpc) is 2.93. The van der Waals surface area contributed by atoms with Crippen molar-refractivity contribution in [1.29, 1.82) is 0 Å². The van der Waals surface area contributed by atoms with E-state index in [2.05, 4.69) is 45.1 Å². The lowest BCUT2D eigenvalue weighted by Crippen LogP contribution is -2.31. The Bertz CT molecular complexity index is 535. The number of nitrogens with two attached hydrogens (primary N) is 1. The summed E-state index contributed by atoms with van der Waals surface area (Å²) in [6.07, 6.45) is 45.4. The summed E-state index contributed by atoms with van der Waals surface area (Å²) in [6.45, 7) is 7.84. The molecule has 0 aromatic carbocycles. The molecule has 0 radical (unpaired) electrons. The molecule has 0 aliphatic heterocycles. The summed E-state index contributed by atoms with van der Waals surface area (Å²) in [5.74, 6) is 3.41. The van der Waals surface area contributed by atoms with Crippen LogP contribution >= 0.6 is 0 Å². The molecule has 4 atom stereocenters. The van der Waals surface area contributed by atoms with Crippen molar-refractivity contribution in [2.45, 2.75) is 181 Å². The van der Waals surface area contributed by atoms with Gasteiger partial charge in [0.25, 0.3) is 0 Å². The maximum Gasteiger partial charge on any atom is -0.00773 e. The maximum absolute atomic E-state index is 5.70. The van der Waals surface area contributed by atoms with Gasteiger partial charge in [0.1, 0.15) is 0 Å². The van der Waals surface area contributed by atoms with E-state index < -0.39 is 0 Å². The van der Waals surface area contributed by atoms with E-state index in [-0.39, 0.29) is 0 Å². The van der Waals surface area contributed by atoms with E-state index in [0.29, 0.717) is 0 Å². The van der Waals surface area contributed by atoms with Gasteiger partial charge in [-0.2, -0.15) is 0 Å². The third kappa shape index (κ3) is 17.9. The van der Waals surface area contributed by atoms with Gasteiger partial charge in [-0.15, -0.1) is 0 Å². The van der Waals surface area contributed by atoms with Gasteiger partial charge in [-0.25, -0.2) is 0 Å². The normalized spacial score (nSPS) is 21.6. The smallest absolute Gasteiger partial charge is 0.00773 e. The molecule has 4 unspecified atom stereocenters. The summed E-state index contributed by atoms with van der Waals surface area (Å²) < 4.78 is 0. The number of allylic oxidation sites excluding steroid dienone is 4. The van der Waals surface area contributed by atoms with Crippen LogP contribution < -0.4 is 5.73 Å². The fourth-order valence-corrected chi connectivity index (χ4v) is 6.86. The Kier molecular flexibility index (Phi) is 24.9. The first-order valence-electron chi connectivity index (χ1n) is 17.8. The Hall–Kier alpha value is -0.560. The summed E-state index contributed by atoms with van der Waals surface area (Å²) in [6, 6.07) is 0. The van der Waals surface area contributed by atoms with E-state index in [1.807, 2.05) is 0 Å². The van der Waals surface area contributed by atoms with Crippen LogP contribution in [0.3, 0.4) is 0 Å². The Morgan fingerprint density at radius 2 is 0.921 bits per heavy atom. The molecule has 2 N–H and O–H groups in total. The van der Waals surface area contributed by atoms with Crippen LogP contribution in [-0.4, -0.2) is 6.54 Å². The van der Waals surface area contributed by atoms with E-state index >= 15 is 0 Å². The highest BCUT2D eigenvalue weighted by Gasteiger charge is 2.34. The number of hydrogen-bond donors (Lipinski definition) is 1. The molecular formula is C37H71N. The zero-order valence-electron chi connectivity index (χ0n) is 26.6. The molecule has 0 heterocycles. The van der Waals surface area contributed by atoms with Crippen molar-refractivity contribution in [3.8, 4) is 0 Å². The van der Waals surface area contributed by atoms with Crippen molar-refractivity contribution in [3.05, 3.63) is 24.3 Å². The predicted molar refractivity (Wildman–Crippen MR) is 174 cm³/mol. The molecule has 0 amide bonds. The number of rotatable bonds is 27. The lowest BCUT2D eigenvalue weighted by Gasteiger charge is -2.40. The molecule has 1 aliphatic rings. The van der Waals surface area contributed by atoms with Crippen LogP contribution in [-0.2, 0) is 0 Å². The van der Waals surface area contributed by atoms with Gasteiger partial charge in [0.2, 0.25) is 0 Å². The van der Waals surface area contributed by atoms with Gasteiger partial charge in [0.05, 0.1) is 0 Å². The first kappa shape index (κ1) is 35.5. The lowest BCUT2D eigenvalue weighted by atomic mass is 9.65. The lowest BCUT2D eigenvalue weighted by molar-refractivity contribution is 0.159. The molecule has 1 aliphatic carbocycles. The topological polar surface area (TPSA) is 26.0 Å². The highest BCUT2D eigenvalue weighted by molar-refractivity contribution is 5.06. The highest BCUT2D eigenvalue weighted by Crippen LogP contribution is 2.44.